The summed E-state index contributed by atoms with van der Waals surface area (Å²) in [6, 6.07) is 3.98. The van der Waals surface area contributed by atoms with Gasteiger partial charge in [0.25, 0.3) is 0 Å². The van der Waals surface area contributed by atoms with Gasteiger partial charge in [-0.25, -0.2) is 0 Å². The van der Waals surface area contributed by atoms with Gasteiger partial charge in [-0.1, -0.05) is 6.07 Å². The van der Waals surface area contributed by atoms with Crippen molar-refractivity contribution < 1.29 is 9.47 Å². The van der Waals surface area contributed by atoms with E-state index in [4.69, 9.17) is 9.47 Å². The van der Waals surface area contributed by atoms with Crippen molar-refractivity contribution in [1.82, 2.24) is 0 Å². The van der Waals surface area contributed by atoms with Gasteiger partial charge in [0.1, 0.15) is 0 Å². The predicted molar refractivity (Wildman–Crippen MR) is 51.6 cm³/mol. The highest BCUT2D eigenvalue weighted by atomic mass is 16.5. The van der Waals surface area contributed by atoms with Crippen molar-refractivity contribution in [2.75, 3.05) is 25.8 Å². The lowest BCUT2D eigenvalue weighted by Gasteiger charge is -2.11. The van der Waals surface area contributed by atoms with E-state index < -0.39 is 0 Å². The number of anilines is 1. The first-order valence-electron chi connectivity index (χ1n) is 4.25. The molecule has 0 saturated heterocycles. The second kappa shape index (κ2) is 2.83. The van der Waals surface area contributed by atoms with Crippen LogP contribution in [-0.2, 0) is 0 Å². The Kier molecular flexibility index (Phi) is 1.79. The summed E-state index contributed by atoms with van der Waals surface area (Å²) in [5.41, 5.74) is 2.36. The molecule has 0 radical (unpaired) electrons. The zero-order valence-corrected chi connectivity index (χ0v) is 8.13. The Hall–Kier alpha value is -1.38. The lowest BCUT2D eigenvalue weighted by Crippen LogP contribution is -2.15. The van der Waals surface area contributed by atoms with Crippen molar-refractivity contribution in [2.24, 2.45) is 0 Å². The molecule has 0 aliphatic carbocycles. The van der Waals surface area contributed by atoms with Crippen LogP contribution in [0, 0.1) is 6.92 Å². The number of fused-ring (bicyclic) bond motifs is 1. The van der Waals surface area contributed by atoms with Gasteiger partial charge in [-0.2, -0.15) is 0 Å². The van der Waals surface area contributed by atoms with E-state index >= 15 is 0 Å². The molecule has 1 aliphatic heterocycles. The van der Waals surface area contributed by atoms with Gasteiger partial charge >= 0.3 is 0 Å². The van der Waals surface area contributed by atoms with E-state index in [9.17, 15) is 0 Å². The molecule has 1 aromatic rings. The Balaban J connectivity index is 2.59. The molecular formula is C10H13NO2. The second-order valence-electron chi connectivity index (χ2n) is 3.23. The third kappa shape index (κ3) is 1.11. The highest BCUT2D eigenvalue weighted by Crippen LogP contribution is 2.43. The van der Waals surface area contributed by atoms with Gasteiger partial charge in [-0.05, 0) is 18.6 Å². The third-order valence-electron chi connectivity index (χ3n) is 2.30. The van der Waals surface area contributed by atoms with Crippen LogP contribution in [0.1, 0.15) is 5.56 Å². The summed E-state index contributed by atoms with van der Waals surface area (Å²) in [6.45, 7) is 2.68. The maximum absolute atomic E-state index is 5.51. The minimum atomic E-state index is 0.608. The van der Waals surface area contributed by atoms with E-state index in [1.165, 1.54) is 5.56 Å². The van der Waals surface area contributed by atoms with E-state index in [1.807, 2.05) is 19.2 Å². The first-order valence-corrected chi connectivity index (χ1v) is 4.25. The molecule has 1 heterocycles. The number of hydrogen-bond donors (Lipinski definition) is 0. The van der Waals surface area contributed by atoms with Gasteiger partial charge in [-0.15, -0.1) is 0 Å². The van der Waals surface area contributed by atoms with E-state index in [0.717, 1.165) is 17.2 Å². The van der Waals surface area contributed by atoms with Crippen LogP contribution < -0.4 is 14.4 Å². The SMILES string of the molecule is COc1ccc(C)c2c1OCN2C. The molecule has 0 saturated carbocycles. The highest BCUT2D eigenvalue weighted by Gasteiger charge is 2.22. The summed E-state index contributed by atoms with van der Waals surface area (Å²) < 4.78 is 10.7. The Morgan fingerprint density at radius 1 is 1.46 bits per heavy atom. The molecular weight excluding hydrogens is 166 g/mol. The molecule has 0 spiro atoms. The number of aryl methyl sites for hydroxylation is 1. The predicted octanol–water partition coefficient (Wildman–Crippen LogP) is 1.79. The average Bonchev–Trinajstić information content (AvgIpc) is 2.50. The highest BCUT2D eigenvalue weighted by molar-refractivity contribution is 5.70. The van der Waals surface area contributed by atoms with Gasteiger partial charge in [-0.3, -0.25) is 0 Å². The number of rotatable bonds is 1. The van der Waals surface area contributed by atoms with E-state index in [2.05, 4.69) is 11.8 Å². The van der Waals surface area contributed by atoms with Crippen molar-refractivity contribution >= 4 is 5.69 Å². The van der Waals surface area contributed by atoms with Gasteiger partial charge in [0, 0.05) is 7.05 Å². The summed E-state index contributed by atoms with van der Waals surface area (Å²) in [5.74, 6) is 1.68. The maximum atomic E-state index is 5.51. The van der Waals surface area contributed by atoms with E-state index in [1.54, 1.807) is 7.11 Å². The molecule has 0 bridgehead atoms. The molecule has 0 atom stereocenters. The second-order valence-corrected chi connectivity index (χ2v) is 3.23. The first-order chi connectivity index (χ1) is 6.24. The molecule has 3 nitrogen and oxygen atoms in total. The van der Waals surface area contributed by atoms with Crippen LogP contribution in [0.25, 0.3) is 0 Å². The maximum Gasteiger partial charge on any atom is 0.187 e. The van der Waals surface area contributed by atoms with Crippen LogP contribution in [0.15, 0.2) is 12.1 Å². The molecule has 1 aliphatic rings. The average molecular weight is 179 g/mol. The van der Waals surface area contributed by atoms with Crippen molar-refractivity contribution in [1.29, 1.82) is 0 Å². The summed E-state index contributed by atoms with van der Waals surface area (Å²) >= 11 is 0. The molecule has 3 heteroatoms. The van der Waals surface area contributed by atoms with Gasteiger partial charge in [0.2, 0.25) is 0 Å². The normalized spacial score (nSPS) is 13.9. The summed E-state index contributed by atoms with van der Waals surface area (Å²) in [5, 5.41) is 0. The molecule has 0 N–H and O–H groups in total. The van der Waals surface area contributed by atoms with Crippen LogP contribution in [0.3, 0.4) is 0 Å². The van der Waals surface area contributed by atoms with Crippen LogP contribution in [0.4, 0.5) is 5.69 Å². The Morgan fingerprint density at radius 2 is 2.23 bits per heavy atom. The quantitative estimate of drug-likeness (QED) is 0.656. The fourth-order valence-electron chi connectivity index (χ4n) is 1.65. The lowest BCUT2D eigenvalue weighted by molar-refractivity contribution is 0.324. The zero-order valence-electron chi connectivity index (χ0n) is 8.13. The molecule has 70 valence electrons. The van der Waals surface area contributed by atoms with Crippen LogP contribution in [-0.4, -0.2) is 20.9 Å². The van der Waals surface area contributed by atoms with Gasteiger partial charge in [0.15, 0.2) is 18.2 Å². The van der Waals surface area contributed by atoms with Crippen LogP contribution in [0.2, 0.25) is 0 Å². The van der Waals surface area contributed by atoms with Gasteiger partial charge in [0.05, 0.1) is 12.8 Å². The Labute approximate surface area is 77.9 Å². The number of hydrogen-bond acceptors (Lipinski definition) is 3. The topological polar surface area (TPSA) is 21.7 Å². The minimum absolute atomic E-state index is 0.608. The van der Waals surface area contributed by atoms with Crippen LogP contribution >= 0.6 is 0 Å². The summed E-state index contributed by atoms with van der Waals surface area (Å²) in [4.78, 5) is 2.08. The fourth-order valence-corrected chi connectivity index (χ4v) is 1.65. The Morgan fingerprint density at radius 3 is 2.92 bits per heavy atom. The first kappa shape index (κ1) is 8.23. The van der Waals surface area contributed by atoms with Crippen LogP contribution in [0.5, 0.6) is 11.5 Å². The molecule has 0 fully saturated rings. The third-order valence-corrected chi connectivity index (χ3v) is 2.30. The molecule has 1 aromatic carbocycles. The molecule has 13 heavy (non-hydrogen) atoms. The molecule has 0 aromatic heterocycles. The van der Waals surface area contributed by atoms with E-state index in [-0.39, 0.29) is 0 Å². The van der Waals surface area contributed by atoms with Gasteiger partial charge < -0.3 is 14.4 Å². The number of benzene rings is 1. The molecule has 2 rings (SSSR count). The van der Waals surface area contributed by atoms with Crippen molar-refractivity contribution in [3.63, 3.8) is 0 Å². The zero-order chi connectivity index (χ0) is 9.42. The minimum Gasteiger partial charge on any atom is -0.493 e. The standard InChI is InChI=1S/C10H13NO2/c1-7-4-5-8(12-3)10-9(7)11(2)6-13-10/h4-5H,6H2,1-3H3. The summed E-state index contributed by atoms with van der Waals surface area (Å²) in [7, 11) is 3.67. The van der Waals surface area contributed by atoms with E-state index in [0.29, 0.717) is 6.73 Å². The lowest BCUT2D eigenvalue weighted by atomic mass is 10.1. The van der Waals surface area contributed by atoms with Crippen molar-refractivity contribution in [2.45, 2.75) is 6.92 Å². The summed E-state index contributed by atoms with van der Waals surface area (Å²) in [6.07, 6.45) is 0. The molecule has 0 amide bonds. The largest absolute Gasteiger partial charge is 0.493 e. The number of methoxy groups -OCH3 is 1. The van der Waals surface area contributed by atoms with Crippen molar-refractivity contribution in [3.8, 4) is 11.5 Å². The number of nitrogens with zero attached hydrogens (tertiary/aromatic N) is 1. The van der Waals surface area contributed by atoms with Crippen molar-refractivity contribution in [3.05, 3.63) is 17.7 Å². The smallest absolute Gasteiger partial charge is 0.187 e. The fraction of sp³-hybridized carbons (Fsp3) is 0.400. The molecule has 0 unspecified atom stereocenters. The Bertz CT molecular complexity index is 336. The number of ether oxygens (including phenoxy) is 2. The monoisotopic (exact) mass is 179 g/mol.